The molecule has 1 heterocycles. The normalized spacial score (nSPS) is 18.7. The zero-order valence-electron chi connectivity index (χ0n) is 13.9. The summed E-state index contributed by atoms with van der Waals surface area (Å²) in [7, 11) is 2.21. The maximum Gasteiger partial charge on any atom is 0.121 e. The van der Waals surface area contributed by atoms with Crippen LogP contribution < -0.4 is 10.1 Å². The van der Waals surface area contributed by atoms with Gasteiger partial charge in [-0.15, -0.1) is 0 Å². The van der Waals surface area contributed by atoms with Crippen molar-refractivity contribution in [3.8, 4) is 5.75 Å². The lowest BCUT2D eigenvalue weighted by molar-refractivity contribution is 0.208. The Morgan fingerprint density at radius 3 is 2.62 bits per heavy atom. The van der Waals surface area contributed by atoms with Crippen LogP contribution >= 0.6 is 0 Å². The lowest BCUT2D eigenvalue weighted by Gasteiger charge is -2.33. The average molecular weight is 290 g/mol. The number of anilines is 1. The molecular formula is C18H30N2O. The molecule has 1 fully saturated rings. The number of rotatable bonds is 6. The summed E-state index contributed by atoms with van der Waals surface area (Å²) in [4.78, 5) is 2.42. The van der Waals surface area contributed by atoms with Crippen molar-refractivity contribution in [3.63, 3.8) is 0 Å². The largest absolute Gasteiger partial charge is 0.493 e. The molecule has 0 saturated carbocycles. The van der Waals surface area contributed by atoms with Crippen LogP contribution in [-0.2, 0) is 0 Å². The summed E-state index contributed by atoms with van der Waals surface area (Å²) in [5, 5.41) is 3.66. The monoisotopic (exact) mass is 290 g/mol. The molecule has 1 atom stereocenters. The third-order valence-corrected chi connectivity index (χ3v) is 4.28. The van der Waals surface area contributed by atoms with Crippen molar-refractivity contribution in [2.75, 3.05) is 32.1 Å². The summed E-state index contributed by atoms with van der Waals surface area (Å²) in [5.41, 5.74) is 1.17. The Morgan fingerprint density at radius 1 is 1.24 bits per heavy atom. The van der Waals surface area contributed by atoms with E-state index in [0.29, 0.717) is 12.0 Å². The molecule has 1 aromatic carbocycles. The van der Waals surface area contributed by atoms with Crippen LogP contribution in [0.25, 0.3) is 0 Å². The van der Waals surface area contributed by atoms with Crippen molar-refractivity contribution in [2.45, 2.75) is 39.7 Å². The van der Waals surface area contributed by atoms with Gasteiger partial charge in [0.15, 0.2) is 0 Å². The minimum atomic E-state index is 0.513. The molecule has 21 heavy (non-hydrogen) atoms. The average Bonchev–Trinajstić information content (AvgIpc) is 2.46. The van der Waals surface area contributed by atoms with E-state index in [2.05, 4.69) is 56.2 Å². The van der Waals surface area contributed by atoms with E-state index in [1.807, 2.05) is 6.07 Å². The van der Waals surface area contributed by atoms with E-state index in [4.69, 9.17) is 4.74 Å². The zero-order chi connectivity index (χ0) is 15.2. The van der Waals surface area contributed by atoms with Crippen LogP contribution in [0.3, 0.4) is 0 Å². The van der Waals surface area contributed by atoms with Crippen molar-refractivity contribution in [1.82, 2.24) is 4.90 Å². The fraction of sp³-hybridized carbons (Fsp3) is 0.667. The predicted molar refractivity (Wildman–Crippen MR) is 90.1 cm³/mol. The van der Waals surface area contributed by atoms with E-state index in [1.165, 1.54) is 31.6 Å². The van der Waals surface area contributed by atoms with Crippen LogP contribution in [0.4, 0.5) is 5.69 Å². The van der Waals surface area contributed by atoms with Gasteiger partial charge in [-0.25, -0.2) is 0 Å². The van der Waals surface area contributed by atoms with Gasteiger partial charge >= 0.3 is 0 Å². The van der Waals surface area contributed by atoms with Crippen molar-refractivity contribution in [2.24, 2.45) is 11.8 Å². The summed E-state index contributed by atoms with van der Waals surface area (Å²) in [5.74, 6) is 2.28. The Bertz CT molecular complexity index is 425. The topological polar surface area (TPSA) is 24.5 Å². The Hall–Kier alpha value is -1.22. The molecule has 1 N–H and O–H groups in total. The molecule has 2 rings (SSSR count). The summed E-state index contributed by atoms with van der Waals surface area (Å²) < 4.78 is 5.80. The van der Waals surface area contributed by atoms with Gasteiger partial charge in [0.1, 0.15) is 5.75 Å². The molecule has 1 saturated heterocycles. The highest BCUT2D eigenvalue weighted by Crippen LogP contribution is 2.24. The maximum atomic E-state index is 5.80. The molecule has 0 aromatic heterocycles. The van der Waals surface area contributed by atoms with Crippen LogP contribution in [0, 0.1) is 11.8 Å². The number of ether oxygens (including phenoxy) is 1. The SMILES string of the molecule is CC(C)COc1cccc(NC(C)C2CCN(C)CC2)c1. The quantitative estimate of drug-likeness (QED) is 0.861. The van der Waals surface area contributed by atoms with E-state index in [-0.39, 0.29) is 0 Å². The fourth-order valence-electron chi connectivity index (χ4n) is 2.85. The summed E-state index contributed by atoms with van der Waals surface area (Å²) >= 11 is 0. The van der Waals surface area contributed by atoms with Crippen LogP contribution in [-0.4, -0.2) is 37.7 Å². The molecule has 118 valence electrons. The highest BCUT2D eigenvalue weighted by molar-refractivity contribution is 5.48. The van der Waals surface area contributed by atoms with Crippen molar-refractivity contribution in [1.29, 1.82) is 0 Å². The van der Waals surface area contributed by atoms with Crippen molar-refractivity contribution in [3.05, 3.63) is 24.3 Å². The highest BCUT2D eigenvalue weighted by atomic mass is 16.5. The standard InChI is InChI=1S/C18H30N2O/c1-14(2)13-21-18-7-5-6-17(12-18)19-15(3)16-8-10-20(4)11-9-16/h5-7,12,14-16,19H,8-11,13H2,1-4H3. The molecular weight excluding hydrogens is 260 g/mol. The minimum Gasteiger partial charge on any atom is -0.493 e. The molecule has 3 heteroatoms. The van der Waals surface area contributed by atoms with E-state index in [1.54, 1.807) is 0 Å². The molecule has 1 unspecified atom stereocenters. The van der Waals surface area contributed by atoms with E-state index in [0.717, 1.165) is 18.3 Å². The first-order valence-corrected chi connectivity index (χ1v) is 8.22. The van der Waals surface area contributed by atoms with Gasteiger partial charge in [0, 0.05) is 17.8 Å². The maximum absolute atomic E-state index is 5.80. The van der Waals surface area contributed by atoms with Crippen LogP contribution in [0.5, 0.6) is 5.75 Å². The summed E-state index contributed by atoms with van der Waals surface area (Å²) in [6.07, 6.45) is 2.57. The molecule has 3 nitrogen and oxygen atoms in total. The van der Waals surface area contributed by atoms with Crippen LogP contribution in [0.2, 0.25) is 0 Å². The zero-order valence-corrected chi connectivity index (χ0v) is 13.9. The second-order valence-corrected chi connectivity index (χ2v) is 6.81. The number of likely N-dealkylation sites (tertiary alicyclic amines) is 1. The second-order valence-electron chi connectivity index (χ2n) is 6.81. The van der Waals surface area contributed by atoms with Gasteiger partial charge in [-0.3, -0.25) is 0 Å². The Morgan fingerprint density at radius 2 is 1.95 bits per heavy atom. The first kappa shape index (κ1) is 16.2. The van der Waals surface area contributed by atoms with Gasteiger partial charge in [-0.1, -0.05) is 19.9 Å². The Balaban J connectivity index is 1.88. The summed E-state index contributed by atoms with van der Waals surface area (Å²) in [6.45, 7) is 9.85. The first-order chi connectivity index (χ1) is 10.0. The van der Waals surface area contributed by atoms with Crippen LogP contribution in [0.15, 0.2) is 24.3 Å². The molecule has 1 aliphatic heterocycles. The predicted octanol–water partition coefficient (Wildman–Crippen LogP) is 3.86. The Kier molecular flexibility index (Phi) is 5.92. The Labute approximate surface area is 129 Å². The molecule has 0 bridgehead atoms. The van der Waals surface area contributed by atoms with Gasteiger partial charge < -0.3 is 15.0 Å². The van der Waals surface area contributed by atoms with E-state index < -0.39 is 0 Å². The lowest BCUT2D eigenvalue weighted by atomic mass is 9.90. The lowest BCUT2D eigenvalue weighted by Crippen LogP contribution is -2.37. The number of benzene rings is 1. The number of piperidine rings is 1. The van der Waals surface area contributed by atoms with Crippen molar-refractivity contribution >= 4 is 5.69 Å². The van der Waals surface area contributed by atoms with Gasteiger partial charge in [-0.05, 0) is 63.9 Å². The van der Waals surface area contributed by atoms with Gasteiger partial charge in [-0.2, -0.15) is 0 Å². The third kappa shape index (κ3) is 5.24. The van der Waals surface area contributed by atoms with Crippen molar-refractivity contribution < 1.29 is 4.74 Å². The molecule has 1 aromatic rings. The molecule has 1 aliphatic rings. The minimum absolute atomic E-state index is 0.513. The number of hydrogen-bond acceptors (Lipinski definition) is 3. The third-order valence-electron chi connectivity index (χ3n) is 4.28. The van der Waals surface area contributed by atoms with E-state index >= 15 is 0 Å². The second kappa shape index (κ2) is 7.69. The number of hydrogen-bond donors (Lipinski definition) is 1. The molecule has 0 spiro atoms. The van der Waals surface area contributed by atoms with Gasteiger partial charge in [0.25, 0.3) is 0 Å². The smallest absolute Gasteiger partial charge is 0.121 e. The molecule has 0 radical (unpaired) electrons. The fourth-order valence-corrected chi connectivity index (χ4v) is 2.85. The van der Waals surface area contributed by atoms with Crippen LogP contribution in [0.1, 0.15) is 33.6 Å². The molecule has 0 aliphatic carbocycles. The van der Waals surface area contributed by atoms with Gasteiger partial charge in [0.05, 0.1) is 6.61 Å². The van der Waals surface area contributed by atoms with E-state index in [9.17, 15) is 0 Å². The number of nitrogens with one attached hydrogen (secondary N) is 1. The summed E-state index contributed by atoms with van der Waals surface area (Å²) in [6, 6.07) is 8.87. The first-order valence-electron chi connectivity index (χ1n) is 8.22. The highest BCUT2D eigenvalue weighted by Gasteiger charge is 2.22. The van der Waals surface area contributed by atoms with Gasteiger partial charge in [0.2, 0.25) is 0 Å². The molecule has 0 amide bonds. The number of nitrogens with zero attached hydrogens (tertiary/aromatic N) is 1.